The number of carbonyl (C=O) groups excluding carboxylic acids is 1. The largest absolute Gasteiger partial charge is 0.356 e. The summed E-state index contributed by atoms with van der Waals surface area (Å²) >= 11 is 0. The van der Waals surface area contributed by atoms with Gasteiger partial charge in [-0.1, -0.05) is 36.4 Å². The van der Waals surface area contributed by atoms with Crippen molar-refractivity contribution in [1.82, 2.24) is 14.7 Å². The van der Waals surface area contributed by atoms with Gasteiger partial charge in [-0.15, -0.1) is 0 Å². The number of amides is 1. The molecule has 0 atom stereocenters. The summed E-state index contributed by atoms with van der Waals surface area (Å²) in [5.74, 6) is 0.117. The fourth-order valence-corrected chi connectivity index (χ4v) is 2.84. The van der Waals surface area contributed by atoms with Gasteiger partial charge in [-0.25, -0.2) is 4.98 Å². The van der Waals surface area contributed by atoms with Crippen LogP contribution >= 0.6 is 0 Å². The van der Waals surface area contributed by atoms with Gasteiger partial charge in [0.05, 0.1) is 5.69 Å². The maximum Gasteiger partial charge on any atom is 0.220 e. The summed E-state index contributed by atoms with van der Waals surface area (Å²) in [5, 5.41) is 2.99. The van der Waals surface area contributed by atoms with Gasteiger partial charge in [0.2, 0.25) is 5.91 Å². The van der Waals surface area contributed by atoms with Crippen molar-refractivity contribution in [1.29, 1.82) is 0 Å². The SMILES string of the molecule is Cc1cccn2cc(CCNC(=O)CCCc3ccccc3)nc12. The lowest BCUT2D eigenvalue weighted by Crippen LogP contribution is -2.25. The Bertz CT molecular complexity index is 808. The number of nitrogens with one attached hydrogen (secondary N) is 1. The molecule has 0 saturated carbocycles. The van der Waals surface area contributed by atoms with E-state index in [0.717, 1.165) is 36.2 Å². The van der Waals surface area contributed by atoms with Crippen molar-refractivity contribution in [2.24, 2.45) is 0 Å². The molecule has 0 fully saturated rings. The van der Waals surface area contributed by atoms with E-state index in [1.165, 1.54) is 5.56 Å². The van der Waals surface area contributed by atoms with E-state index >= 15 is 0 Å². The Morgan fingerprint density at radius 1 is 1.12 bits per heavy atom. The number of aromatic nitrogens is 2. The highest BCUT2D eigenvalue weighted by Crippen LogP contribution is 2.10. The first-order chi connectivity index (χ1) is 11.7. The zero-order valence-corrected chi connectivity index (χ0v) is 14.0. The Kier molecular flexibility index (Phi) is 5.26. The van der Waals surface area contributed by atoms with Crippen molar-refractivity contribution in [3.05, 3.63) is 71.7 Å². The van der Waals surface area contributed by atoms with E-state index in [2.05, 4.69) is 35.4 Å². The quantitative estimate of drug-likeness (QED) is 0.725. The standard InChI is InChI=1S/C20H23N3O/c1-16-7-6-14-23-15-18(22-20(16)23)12-13-21-19(24)11-5-10-17-8-3-2-4-9-17/h2-4,6-9,14-15H,5,10-13H2,1H3,(H,21,24). The number of aryl methyl sites for hydroxylation is 2. The summed E-state index contributed by atoms with van der Waals surface area (Å²) in [6, 6.07) is 14.4. The Balaban J connectivity index is 1.40. The van der Waals surface area contributed by atoms with E-state index in [9.17, 15) is 4.79 Å². The number of benzene rings is 1. The molecule has 0 aliphatic rings. The highest BCUT2D eigenvalue weighted by Gasteiger charge is 2.05. The third kappa shape index (κ3) is 4.22. The molecule has 0 spiro atoms. The van der Waals surface area contributed by atoms with E-state index in [1.54, 1.807) is 0 Å². The molecule has 1 aromatic carbocycles. The van der Waals surface area contributed by atoms with Gasteiger partial charge in [-0.05, 0) is 37.0 Å². The summed E-state index contributed by atoms with van der Waals surface area (Å²) in [7, 11) is 0. The maximum absolute atomic E-state index is 11.9. The van der Waals surface area contributed by atoms with E-state index in [0.29, 0.717) is 13.0 Å². The summed E-state index contributed by atoms with van der Waals surface area (Å²) in [4.78, 5) is 16.5. The van der Waals surface area contributed by atoms with Crippen LogP contribution in [0.15, 0.2) is 54.9 Å². The minimum atomic E-state index is 0.117. The average molecular weight is 321 g/mol. The third-order valence-corrected chi connectivity index (χ3v) is 4.14. The van der Waals surface area contributed by atoms with E-state index in [-0.39, 0.29) is 5.91 Å². The lowest BCUT2D eigenvalue weighted by molar-refractivity contribution is -0.121. The maximum atomic E-state index is 11.9. The predicted molar refractivity (Wildman–Crippen MR) is 96.0 cm³/mol. The van der Waals surface area contributed by atoms with Crippen molar-refractivity contribution < 1.29 is 4.79 Å². The zero-order chi connectivity index (χ0) is 16.8. The van der Waals surface area contributed by atoms with Crippen LogP contribution in [0.2, 0.25) is 0 Å². The van der Waals surface area contributed by atoms with Crippen LogP contribution in [-0.4, -0.2) is 21.8 Å². The fraction of sp³-hybridized carbons (Fsp3) is 0.300. The molecule has 0 aliphatic carbocycles. The molecule has 2 aromatic heterocycles. The number of fused-ring (bicyclic) bond motifs is 1. The van der Waals surface area contributed by atoms with E-state index in [1.807, 2.05) is 41.1 Å². The van der Waals surface area contributed by atoms with Gasteiger partial charge in [-0.3, -0.25) is 4.79 Å². The molecule has 3 aromatic rings. The van der Waals surface area contributed by atoms with E-state index < -0.39 is 0 Å². The first kappa shape index (κ1) is 16.2. The van der Waals surface area contributed by atoms with Crippen LogP contribution in [-0.2, 0) is 17.6 Å². The summed E-state index contributed by atoms with van der Waals surface area (Å²) in [6.07, 6.45) is 7.18. The number of carbonyl (C=O) groups is 1. The smallest absolute Gasteiger partial charge is 0.220 e. The molecule has 1 amide bonds. The van der Waals surface area contributed by atoms with Crippen LogP contribution in [0.5, 0.6) is 0 Å². The number of hydrogen-bond acceptors (Lipinski definition) is 2. The molecular weight excluding hydrogens is 298 g/mol. The van der Waals surface area contributed by atoms with Crippen LogP contribution < -0.4 is 5.32 Å². The van der Waals surface area contributed by atoms with Crippen molar-refractivity contribution in [2.45, 2.75) is 32.6 Å². The highest BCUT2D eigenvalue weighted by atomic mass is 16.1. The summed E-state index contributed by atoms with van der Waals surface area (Å²) < 4.78 is 2.03. The van der Waals surface area contributed by atoms with Crippen molar-refractivity contribution in [3.63, 3.8) is 0 Å². The van der Waals surface area contributed by atoms with Crippen molar-refractivity contribution >= 4 is 11.6 Å². The first-order valence-electron chi connectivity index (χ1n) is 8.46. The molecule has 0 aliphatic heterocycles. The molecule has 0 saturated heterocycles. The molecule has 124 valence electrons. The fourth-order valence-electron chi connectivity index (χ4n) is 2.84. The molecular formula is C20H23N3O. The molecule has 24 heavy (non-hydrogen) atoms. The third-order valence-electron chi connectivity index (χ3n) is 4.14. The number of nitrogens with zero attached hydrogens (tertiary/aromatic N) is 2. The Hall–Kier alpha value is -2.62. The van der Waals surface area contributed by atoms with Gasteiger partial charge in [0.25, 0.3) is 0 Å². The van der Waals surface area contributed by atoms with Gasteiger partial charge < -0.3 is 9.72 Å². The van der Waals surface area contributed by atoms with Crippen LogP contribution in [0, 0.1) is 6.92 Å². The number of rotatable bonds is 7. The van der Waals surface area contributed by atoms with Crippen LogP contribution in [0.3, 0.4) is 0 Å². The molecule has 4 nitrogen and oxygen atoms in total. The van der Waals surface area contributed by atoms with Gasteiger partial charge in [-0.2, -0.15) is 0 Å². The van der Waals surface area contributed by atoms with Gasteiger partial charge in [0.15, 0.2) is 0 Å². The van der Waals surface area contributed by atoms with Crippen LogP contribution in [0.4, 0.5) is 0 Å². The van der Waals surface area contributed by atoms with Crippen LogP contribution in [0.1, 0.15) is 29.7 Å². The zero-order valence-electron chi connectivity index (χ0n) is 14.0. The average Bonchev–Trinajstić information content (AvgIpc) is 3.00. The van der Waals surface area contributed by atoms with Crippen LogP contribution in [0.25, 0.3) is 5.65 Å². The molecule has 1 N–H and O–H groups in total. The molecule has 0 unspecified atom stereocenters. The molecule has 3 rings (SSSR count). The molecule has 0 bridgehead atoms. The lowest BCUT2D eigenvalue weighted by atomic mass is 10.1. The van der Waals surface area contributed by atoms with Gasteiger partial charge in [0, 0.05) is 31.8 Å². The minimum Gasteiger partial charge on any atom is -0.356 e. The Morgan fingerprint density at radius 2 is 1.96 bits per heavy atom. The minimum absolute atomic E-state index is 0.117. The second-order valence-electron chi connectivity index (χ2n) is 6.09. The Morgan fingerprint density at radius 3 is 2.75 bits per heavy atom. The monoisotopic (exact) mass is 321 g/mol. The van der Waals surface area contributed by atoms with Crippen molar-refractivity contribution in [3.8, 4) is 0 Å². The number of imidazole rings is 1. The second-order valence-corrected chi connectivity index (χ2v) is 6.09. The summed E-state index contributed by atoms with van der Waals surface area (Å²) in [6.45, 7) is 2.69. The summed E-state index contributed by atoms with van der Waals surface area (Å²) in [5.41, 5.74) is 4.44. The molecule has 0 radical (unpaired) electrons. The Labute approximate surface area is 142 Å². The number of pyridine rings is 1. The second kappa shape index (κ2) is 7.77. The topological polar surface area (TPSA) is 46.4 Å². The first-order valence-corrected chi connectivity index (χ1v) is 8.46. The lowest BCUT2D eigenvalue weighted by Gasteiger charge is -2.04. The van der Waals surface area contributed by atoms with Gasteiger partial charge in [0.1, 0.15) is 5.65 Å². The predicted octanol–water partition coefficient (Wildman–Crippen LogP) is 3.32. The van der Waals surface area contributed by atoms with Gasteiger partial charge >= 0.3 is 0 Å². The molecule has 2 heterocycles. The number of hydrogen-bond donors (Lipinski definition) is 1. The van der Waals surface area contributed by atoms with Crippen molar-refractivity contribution in [2.75, 3.05) is 6.54 Å². The highest BCUT2D eigenvalue weighted by molar-refractivity contribution is 5.75. The normalized spacial score (nSPS) is 10.9. The van der Waals surface area contributed by atoms with E-state index in [4.69, 9.17) is 0 Å². The molecule has 4 heteroatoms.